The van der Waals surface area contributed by atoms with Crippen molar-refractivity contribution < 1.29 is 14.1 Å². The second-order valence-electron chi connectivity index (χ2n) is 7.62. The molecule has 1 amide bonds. The summed E-state index contributed by atoms with van der Waals surface area (Å²) in [5.74, 6) is 1.36. The number of methoxy groups -OCH3 is 1. The van der Waals surface area contributed by atoms with Gasteiger partial charge in [-0.1, -0.05) is 35.0 Å². The van der Waals surface area contributed by atoms with E-state index in [9.17, 15) is 4.79 Å². The zero-order chi connectivity index (χ0) is 19.9. The lowest BCUT2D eigenvalue weighted by molar-refractivity contribution is -0.118. The van der Waals surface area contributed by atoms with Crippen molar-refractivity contribution in [2.75, 3.05) is 12.4 Å². The van der Waals surface area contributed by atoms with Crippen molar-refractivity contribution in [3.63, 3.8) is 0 Å². The average molecular weight is 376 g/mol. The summed E-state index contributed by atoms with van der Waals surface area (Å²) in [5.41, 5.74) is 5.17. The third-order valence-electron chi connectivity index (χ3n) is 5.45. The first-order valence-corrected chi connectivity index (χ1v) is 9.44. The summed E-state index contributed by atoms with van der Waals surface area (Å²) in [5, 5.41) is 7.36. The fraction of sp³-hybridized carbons (Fsp3) is 0.304. The number of rotatable bonds is 5. The number of amides is 1. The van der Waals surface area contributed by atoms with Gasteiger partial charge in [-0.2, -0.15) is 0 Å². The minimum Gasteiger partial charge on any atom is -0.497 e. The molecule has 4 rings (SSSR count). The number of hydrogen-bond donors (Lipinski definition) is 1. The highest BCUT2D eigenvalue weighted by molar-refractivity contribution is 6.02. The van der Waals surface area contributed by atoms with Crippen LogP contribution in [0.2, 0.25) is 0 Å². The third-order valence-corrected chi connectivity index (χ3v) is 5.45. The molecule has 144 valence electrons. The number of hydrogen-bond acceptors (Lipinski definition) is 4. The lowest BCUT2D eigenvalue weighted by Gasteiger charge is -2.16. The summed E-state index contributed by atoms with van der Waals surface area (Å²) >= 11 is 0. The monoisotopic (exact) mass is 376 g/mol. The molecule has 1 aliphatic rings. The predicted octanol–water partition coefficient (Wildman–Crippen LogP) is 4.95. The van der Waals surface area contributed by atoms with Crippen molar-refractivity contribution in [1.82, 2.24) is 5.16 Å². The van der Waals surface area contributed by atoms with Crippen molar-refractivity contribution in [2.24, 2.45) is 0 Å². The van der Waals surface area contributed by atoms with Gasteiger partial charge in [-0.3, -0.25) is 4.79 Å². The number of benzene rings is 2. The first-order chi connectivity index (χ1) is 13.4. The summed E-state index contributed by atoms with van der Waals surface area (Å²) in [6.45, 7) is 6.10. The molecule has 0 bridgehead atoms. The molecule has 0 spiro atoms. The van der Waals surface area contributed by atoms with Gasteiger partial charge in [0.2, 0.25) is 5.91 Å². The zero-order valence-corrected chi connectivity index (χ0v) is 16.6. The molecule has 1 saturated carbocycles. The number of aryl methyl sites for hydroxylation is 3. The first-order valence-electron chi connectivity index (χ1n) is 9.44. The number of carbonyl (C=O) groups excluding carboxylic acids is 1. The first kappa shape index (κ1) is 18.3. The summed E-state index contributed by atoms with van der Waals surface area (Å²) in [6.07, 6.45) is 1.54. The zero-order valence-electron chi connectivity index (χ0n) is 16.6. The average Bonchev–Trinajstić information content (AvgIpc) is 3.34. The maximum atomic E-state index is 13.1. The molecule has 5 heteroatoms. The van der Waals surface area contributed by atoms with Crippen LogP contribution in [0.4, 0.5) is 5.69 Å². The Bertz CT molecular complexity index is 1020. The number of anilines is 1. The van der Waals surface area contributed by atoms with Crippen LogP contribution >= 0.6 is 0 Å². The van der Waals surface area contributed by atoms with Crippen LogP contribution in [0.1, 0.15) is 35.2 Å². The Hall–Kier alpha value is -3.08. The van der Waals surface area contributed by atoms with Gasteiger partial charge in [0, 0.05) is 17.3 Å². The molecule has 3 aromatic rings. The lowest BCUT2D eigenvalue weighted by Crippen LogP contribution is -2.28. The Labute approximate surface area is 164 Å². The van der Waals surface area contributed by atoms with Crippen LogP contribution in [0.15, 0.2) is 47.0 Å². The number of nitrogens with zero attached hydrogens (tertiary/aromatic N) is 1. The number of carbonyl (C=O) groups is 1. The highest BCUT2D eigenvalue weighted by atomic mass is 16.5. The Balaban J connectivity index is 1.60. The van der Waals surface area contributed by atoms with E-state index in [1.807, 2.05) is 44.2 Å². The topological polar surface area (TPSA) is 64.4 Å². The Morgan fingerprint density at radius 2 is 1.82 bits per heavy atom. The molecule has 0 atom stereocenters. The smallest absolute Gasteiger partial charge is 0.236 e. The fourth-order valence-electron chi connectivity index (χ4n) is 3.75. The summed E-state index contributed by atoms with van der Waals surface area (Å²) < 4.78 is 10.8. The highest BCUT2D eigenvalue weighted by Gasteiger charge is 2.54. The second kappa shape index (κ2) is 6.82. The molecule has 2 aromatic carbocycles. The maximum Gasteiger partial charge on any atom is 0.236 e. The lowest BCUT2D eigenvalue weighted by atomic mass is 9.98. The van der Waals surface area contributed by atoms with Crippen LogP contribution < -0.4 is 10.1 Å². The molecule has 1 heterocycles. The standard InChI is InChI=1S/C23H24N2O3/c1-14-10-15(2)21(16(3)11-14)24-22(26)23(8-9-23)20-13-19(28-25-20)17-6-5-7-18(12-17)27-4/h5-7,10-13H,8-9H2,1-4H3,(H,24,26). The van der Waals surface area contributed by atoms with Crippen LogP contribution in [-0.2, 0) is 10.2 Å². The van der Waals surface area contributed by atoms with Gasteiger partial charge in [-0.15, -0.1) is 0 Å². The second-order valence-corrected chi connectivity index (χ2v) is 7.62. The maximum absolute atomic E-state index is 13.1. The molecule has 1 aliphatic carbocycles. The van der Waals surface area contributed by atoms with E-state index >= 15 is 0 Å². The molecule has 1 fully saturated rings. The van der Waals surface area contributed by atoms with Gasteiger partial charge in [0.25, 0.3) is 0 Å². The third kappa shape index (κ3) is 3.17. The van der Waals surface area contributed by atoms with Gasteiger partial charge in [-0.25, -0.2) is 0 Å². The SMILES string of the molecule is COc1cccc(-c2cc(C3(C(=O)Nc4c(C)cc(C)cc4C)CC3)no2)c1. The Kier molecular flexibility index (Phi) is 4.46. The number of nitrogens with one attached hydrogen (secondary N) is 1. The van der Waals surface area contributed by atoms with Gasteiger partial charge in [-0.05, 0) is 56.9 Å². The predicted molar refractivity (Wildman–Crippen MR) is 109 cm³/mol. The molecular formula is C23H24N2O3. The molecule has 0 radical (unpaired) electrons. The van der Waals surface area contributed by atoms with E-state index in [2.05, 4.69) is 29.5 Å². The minimum atomic E-state index is -0.607. The van der Waals surface area contributed by atoms with Crippen LogP contribution in [-0.4, -0.2) is 18.2 Å². The van der Waals surface area contributed by atoms with Crippen molar-refractivity contribution >= 4 is 11.6 Å². The van der Waals surface area contributed by atoms with E-state index in [0.29, 0.717) is 11.5 Å². The molecule has 1 N–H and O–H groups in total. The highest BCUT2D eigenvalue weighted by Crippen LogP contribution is 2.49. The molecule has 0 aliphatic heterocycles. The fourth-order valence-corrected chi connectivity index (χ4v) is 3.75. The van der Waals surface area contributed by atoms with Gasteiger partial charge in [0.1, 0.15) is 5.75 Å². The molecule has 28 heavy (non-hydrogen) atoms. The molecule has 0 saturated heterocycles. The van der Waals surface area contributed by atoms with Crippen molar-refractivity contribution in [2.45, 2.75) is 39.0 Å². The van der Waals surface area contributed by atoms with E-state index in [-0.39, 0.29) is 5.91 Å². The van der Waals surface area contributed by atoms with E-state index in [1.165, 1.54) is 5.56 Å². The van der Waals surface area contributed by atoms with Crippen LogP contribution in [0.3, 0.4) is 0 Å². The van der Waals surface area contributed by atoms with Crippen LogP contribution in [0, 0.1) is 20.8 Å². The molecule has 1 aromatic heterocycles. The number of aromatic nitrogens is 1. The van der Waals surface area contributed by atoms with Crippen LogP contribution in [0.5, 0.6) is 5.75 Å². The van der Waals surface area contributed by atoms with Crippen LogP contribution in [0.25, 0.3) is 11.3 Å². The Morgan fingerprint density at radius 1 is 1.11 bits per heavy atom. The summed E-state index contributed by atoms with van der Waals surface area (Å²) in [4.78, 5) is 13.1. The number of ether oxygens (including phenoxy) is 1. The van der Waals surface area contributed by atoms with Crippen molar-refractivity contribution in [1.29, 1.82) is 0 Å². The van der Waals surface area contributed by atoms with Gasteiger partial charge >= 0.3 is 0 Å². The normalized spacial score (nSPS) is 14.6. The molecule has 5 nitrogen and oxygen atoms in total. The van der Waals surface area contributed by atoms with E-state index in [4.69, 9.17) is 9.26 Å². The summed E-state index contributed by atoms with van der Waals surface area (Å²) in [7, 11) is 1.63. The van der Waals surface area contributed by atoms with Crippen molar-refractivity contribution in [3.8, 4) is 17.1 Å². The van der Waals surface area contributed by atoms with E-state index in [0.717, 1.165) is 41.0 Å². The van der Waals surface area contributed by atoms with Crippen molar-refractivity contribution in [3.05, 3.63) is 64.8 Å². The molecule has 0 unspecified atom stereocenters. The summed E-state index contributed by atoms with van der Waals surface area (Å²) in [6, 6.07) is 13.6. The van der Waals surface area contributed by atoms with Gasteiger partial charge < -0.3 is 14.6 Å². The quantitative estimate of drug-likeness (QED) is 0.685. The van der Waals surface area contributed by atoms with Gasteiger partial charge in [0.15, 0.2) is 5.76 Å². The van der Waals surface area contributed by atoms with Gasteiger partial charge in [0.05, 0.1) is 18.2 Å². The molecular weight excluding hydrogens is 352 g/mol. The largest absolute Gasteiger partial charge is 0.497 e. The minimum absolute atomic E-state index is 0.0203. The van der Waals surface area contributed by atoms with E-state index < -0.39 is 5.41 Å². The Morgan fingerprint density at radius 3 is 2.46 bits per heavy atom. The van der Waals surface area contributed by atoms with E-state index in [1.54, 1.807) is 7.11 Å².